The molecule has 0 fully saturated rings. The van der Waals surface area contributed by atoms with Crippen molar-refractivity contribution >= 4 is 12.4 Å². The number of aliphatic hydroxyl groups is 1. The summed E-state index contributed by atoms with van der Waals surface area (Å²) >= 11 is 0. The first-order valence-corrected chi connectivity index (χ1v) is 1.02. The molecule has 1 nitrogen and oxygen atoms in total. The van der Waals surface area contributed by atoms with Crippen LogP contribution in [0.5, 0.6) is 0 Å². The first kappa shape index (κ1) is 16.7. The maximum absolute atomic E-state index is 7.57. The van der Waals surface area contributed by atoms with Crippen molar-refractivity contribution in [2.24, 2.45) is 0 Å². The smallest absolute Gasteiger partial charge is 0.0402 e. The van der Waals surface area contributed by atoms with Crippen molar-refractivity contribution in [1.29, 1.82) is 0 Å². The van der Waals surface area contributed by atoms with Crippen LogP contribution in [-0.2, 0) is 22.4 Å². The second kappa shape index (κ2) is 20.1. The molecule has 0 amide bonds. The molecule has 0 spiro atoms. The van der Waals surface area contributed by atoms with Crippen LogP contribution in [0.1, 0.15) is 6.92 Å². The van der Waals surface area contributed by atoms with Crippen molar-refractivity contribution in [2.75, 3.05) is 6.61 Å². The number of rotatable bonds is 0. The summed E-state index contributed by atoms with van der Waals surface area (Å²) in [6, 6.07) is 0. The molecule has 0 aromatic rings. The van der Waals surface area contributed by atoms with Crippen LogP contribution in [0.3, 0.4) is 0 Å². The largest absolute Gasteiger partial charge is 0.397 e. The average Bonchev–Trinajstić information content (AvgIpc) is 0.918. The Labute approximate surface area is 53.7 Å². The molecule has 0 unspecified atom stereocenters. The fraction of sp³-hybridized carbons (Fsp3) is 1.00. The van der Waals surface area contributed by atoms with E-state index in [1.54, 1.807) is 6.92 Å². The van der Waals surface area contributed by atoms with Gasteiger partial charge in [0.15, 0.2) is 0 Å². The van der Waals surface area contributed by atoms with E-state index in [1.165, 1.54) is 0 Å². The molecule has 0 saturated heterocycles. The Morgan fingerprint density at radius 1 is 1.60 bits per heavy atom. The summed E-state index contributed by atoms with van der Waals surface area (Å²) in [5.74, 6) is 0. The van der Waals surface area contributed by atoms with Crippen molar-refractivity contribution in [3.8, 4) is 0 Å². The second-order valence-electron chi connectivity index (χ2n) is 0.316. The van der Waals surface area contributed by atoms with Crippen molar-refractivity contribution in [2.45, 2.75) is 6.92 Å². The van der Waals surface area contributed by atoms with Crippen molar-refractivity contribution in [3.63, 3.8) is 0 Å². The van der Waals surface area contributed by atoms with E-state index in [-0.39, 0.29) is 41.4 Å². The first-order chi connectivity index (χ1) is 1.41. The molecule has 0 bridgehead atoms. The van der Waals surface area contributed by atoms with Crippen LogP contribution in [0.25, 0.3) is 0 Å². The van der Waals surface area contributed by atoms with E-state index in [1.807, 2.05) is 0 Å². The van der Waals surface area contributed by atoms with Gasteiger partial charge in [-0.1, -0.05) is 0 Å². The topological polar surface area (TPSA) is 20.2 Å². The van der Waals surface area contributed by atoms with Gasteiger partial charge in [-0.05, 0) is 6.92 Å². The summed E-state index contributed by atoms with van der Waals surface area (Å²) in [5.41, 5.74) is 0. The Morgan fingerprint density at radius 2 is 1.60 bits per heavy atom. The average molecular weight is 279 g/mol. The molecule has 0 rings (SSSR count). The van der Waals surface area contributed by atoms with Gasteiger partial charge in [-0.3, -0.25) is 0 Å². The van der Waals surface area contributed by atoms with E-state index >= 15 is 0 Å². The Morgan fingerprint density at radius 3 is 1.60 bits per heavy atom. The molecule has 5 heavy (non-hydrogen) atoms. The molecule has 0 heterocycles. The van der Waals surface area contributed by atoms with Crippen LogP contribution in [0.15, 0.2) is 0 Å². The van der Waals surface area contributed by atoms with Crippen molar-refractivity contribution < 1.29 is 27.5 Å². The van der Waals surface area contributed by atoms with E-state index < -0.39 is 0 Å². The van der Waals surface area contributed by atoms with E-state index in [9.17, 15) is 0 Å². The second-order valence-corrected chi connectivity index (χ2v) is 0.316. The molecule has 0 aliphatic rings. The van der Waals surface area contributed by atoms with Gasteiger partial charge in [0.25, 0.3) is 0 Å². The van der Waals surface area contributed by atoms with Gasteiger partial charge >= 0.3 is 0 Å². The quantitative estimate of drug-likeness (QED) is 0.637. The SMILES string of the molecule is CCO.Cl.[Au]. The molecule has 0 saturated carbocycles. The molecule has 0 aliphatic heterocycles. The molecular weight excluding hydrogens is 272 g/mol. The fourth-order valence-corrected chi connectivity index (χ4v) is 0. The van der Waals surface area contributed by atoms with Gasteiger partial charge < -0.3 is 5.11 Å². The maximum Gasteiger partial charge on any atom is 0.0402 e. The third-order valence-corrected chi connectivity index (χ3v) is 0. The third-order valence-electron chi connectivity index (χ3n) is 0. The standard InChI is InChI=1S/C2H6O.Au.ClH/c1-2-3;;/h3H,2H2,1H3;;1H. The zero-order chi connectivity index (χ0) is 2.71. The number of hydrogen-bond acceptors (Lipinski definition) is 1. The summed E-state index contributed by atoms with van der Waals surface area (Å²) in [6.07, 6.45) is 0. The Balaban J connectivity index is -0.0000000200. The van der Waals surface area contributed by atoms with Gasteiger partial charge in [0.05, 0.1) is 0 Å². The van der Waals surface area contributed by atoms with E-state index in [2.05, 4.69) is 0 Å². The predicted octanol–water partition coefficient (Wildman–Crippen LogP) is 0.418. The minimum atomic E-state index is 0. The molecule has 0 aliphatic carbocycles. The van der Waals surface area contributed by atoms with Gasteiger partial charge in [-0.2, -0.15) is 0 Å². The Kier molecular flexibility index (Phi) is 66.9. The molecule has 3 heteroatoms. The molecule has 0 aromatic carbocycles. The zero-order valence-corrected chi connectivity index (χ0v) is 5.85. The normalized spacial score (nSPS) is 3.60. The van der Waals surface area contributed by atoms with Gasteiger partial charge in [0.1, 0.15) is 0 Å². The summed E-state index contributed by atoms with van der Waals surface area (Å²) in [5, 5.41) is 7.57. The number of hydrogen-bond donors (Lipinski definition) is 1. The Hall–Kier alpha value is 0.990. The molecular formula is C2H7AuClO. The van der Waals surface area contributed by atoms with Crippen molar-refractivity contribution in [1.82, 2.24) is 0 Å². The van der Waals surface area contributed by atoms with Crippen LogP contribution >= 0.6 is 12.4 Å². The van der Waals surface area contributed by atoms with E-state index in [0.717, 1.165) is 0 Å². The predicted molar refractivity (Wildman–Crippen MR) is 20.0 cm³/mol. The van der Waals surface area contributed by atoms with Crippen LogP contribution < -0.4 is 0 Å². The van der Waals surface area contributed by atoms with Gasteiger partial charge in [0.2, 0.25) is 0 Å². The monoisotopic (exact) mass is 279 g/mol. The van der Waals surface area contributed by atoms with Crippen LogP contribution in [0.2, 0.25) is 0 Å². The van der Waals surface area contributed by atoms with E-state index in [4.69, 9.17) is 5.11 Å². The Bertz CT molecular complexity index is 9.61. The molecule has 39 valence electrons. The number of halogens is 1. The van der Waals surface area contributed by atoms with Gasteiger partial charge in [-0.15, -0.1) is 12.4 Å². The van der Waals surface area contributed by atoms with Gasteiger partial charge in [-0.25, -0.2) is 0 Å². The minimum Gasteiger partial charge on any atom is -0.397 e. The molecule has 1 N–H and O–H groups in total. The summed E-state index contributed by atoms with van der Waals surface area (Å²) in [7, 11) is 0. The fourth-order valence-electron chi connectivity index (χ4n) is 0. The molecule has 1 radical (unpaired) electrons. The zero-order valence-electron chi connectivity index (χ0n) is 2.86. The number of aliphatic hydroxyl groups excluding tert-OH is 1. The van der Waals surface area contributed by atoms with E-state index in [0.29, 0.717) is 0 Å². The maximum atomic E-state index is 7.57. The molecule has 0 aromatic heterocycles. The summed E-state index contributed by atoms with van der Waals surface area (Å²) in [6.45, 7) is 1.93. The van der Waals surface area contributed by atoms with Crippen LogP contribution in [-0.4, -0.2) is 11.7 Å². The summed E-state index contributed by atoms with van der Waals surface area (Å²) in [4.78, 5) is 0. The van der Waals surface area contributed by atoms with Crippen LogP contribution in [0, 0.1) is 0 Å². The first-order valence-electron chi connectivity index (χ1n) is 1.02. The van der Waals surface area contributed by atoms with Crippen LogP contribution in [0.4, 0.5) is 0 Å². The third kappa shape index (κ3) is 45.5. The summed E-state index contributed by atoms with van der Waals surface area (Å²) < 4.78 is 0. The van der Waals surface area contributed by atoms with Gasteiger partial charge in [0, 0.05) is 29.0 Å². The molecule has 0 atom stereocenters. The minimum absolute atomic E-state index is 0. The van der Waals surface area contributed by atoms with Crippen molar-refractivity contribution in [3.05, 3.63) is 0 Å².